The number of hydrogen-bond donors (Lipinski definition) is 0. The largest absolute Gasteiger partial charge is 0.525 e. The maximum Gasteiger partial charge on any atom is 0.525 e. The summed E-state index contributed by atoms with van der Waals surface area (Å²) in [6, 6.07) is 13.9. The smallest absolute Gasteiger partial charge is 0.398 e. The molecule has 2 aromatic rings. The van der Waals surface area contributed by atoms with Crippen LogP contribution in [0.2, 0.25) is 0 Å². The third-order valence-corrected chi connectivity index (χ3v) is 5.53. The lowest BCUT2D eigenvalue weighted by Crippen LogP contribution is -2.41. The van der Waals surface area contributed by atoms with E-state index in [0.717, 1.165) is 16.3 Å². The van der Waals surface area contributed by atoms with Crippen LogP contribution in [0.25, 0.3) is 16.3 Å². The Morgan fingerprint density at radius 1 is 1.07 bits per heavy atom. The molecule has 0 N–H and O–H groups in total. The van der Waals surface area contributed by atoms with Crippen molar-refractivity contribution in [1.29, 1.82) is 0 Å². The van der Waals surface area contributed by atoms with E-state index in [0.29, 0.717) is 18.6 Å². The number of hydrogen-bond acceptors (Lipinski definition) is 3. The molecule has 3 rings (SSSR count). The molecule has 0 bridgehead atoms. The van der Waals surface area contributed by atoms with Gasteiger partial charge in [-0.2, -0.15) is 0 Å². The molecule has 0 unspecified atom stereocenters. The van der Waals surface area contributed by atoms with Gasteiger partial charge >= 0.3 is 7.12 Å². The number of ether oxygens (including phenoxy) is 1. The predicted octanol–water partition coefficient (Wildman–Crippen LogP) is 5.19. The van der Waals surface area contributed by atoms with Gasteiger partial charge in [0.25, 0.3) is 0 Å². The summed E-state index contributed by atoms with van der Waals surface area (Å²) in [5.41, 5.74) is -0.331. The maximum atomic E-state index is 15.6. The van der Waals surface area contributed by atoms with Crippen molar-refractivity contribution in [3.05, 3.63) is 53.8 Å². The summed E-state index contributed by atoms with van der Waals surface area (Å²) in [6.45, 7) is 8.15. The molecule has 5 heteroatoms. The average molecular weight is 380 g/mol. The molecule has 28 heavy (non-hydrogen) atoms. The van der Waals surface area contributed by atoms with E-state index in [2.05, 4.69) is 5.92 Å². The molecule has 0 aromatic heterocycles. The Kier molecular flexibility index (Phi) is 5.95. The molecule has 1 aliphatic heterocycles. The summed E-state index contributed by atoms with van der Waals surface area (Å²) in [5.74, 6) is 2.43. The van der Waals surface area contributed by atoms with Gasteiger partial charge in [0.2, 0.25) is 0 Å². The van der Waals surface area contributed by atoms with E-state index in [1.807, 2.05) is 70.2 Å². The van der Waals surface area contributed by atoms with Crippen LogP contribution in [0.3, 0.4) is 0 Å². The van der Waals surface area contributed by atoms with Crippen LogP contribution in [0, 0.1) is 12.3 Å². The summed E-state index contributed by atoms with van der Waals surface area (Å²) in [7, 11) is -1.04. The highest BCUT2D eigenvalue weighted by Crippen LogP contribution is 2.40. The van der Waals surface area contributed by atoms with Crippen molar-refractivity contribution >= 4 is 23.5 Å². The predicted molar refractivity (Wildman–Crippen MR) is 112 cm³/mol. The zero-order chi connectivity index (χ0) is 20.4. The minimum atomic E-state index is -1.04. The Bertz CT molecular complexity index is 911. The number of halogens is 1. The molecular formula is C23H26BFO3. The zero-order valence-corrected chi connectivity index (χ0v) is 16.9. The molecule has 1 heterocycles. The van der Waals surface area contributed by atoms with Crippen molar-refractivity contribution in [2.75, 3.05) is 13.2 Å². The van der Waals surface area contributed by atoms with Crippen molar-refractivity contribution in [3.63, 3.8) is 0 Å². The molecule has 0 aliphatic carbocycles. The zero-order valence-electron chi connectivity index (χ0n) is 16.9. The first-order valence-electron chi connectivity index (χ1n) is 9.50. The lowest BCUT2D eigenvalue weighted by Gasteiger charge is -2.32. The first-order valence-corrected chi connectivity index (χ1v) is 9.50. The van der Waals surface area contributed by atoms with E-state index in [4.69, 9.17) is 20.5 Å². The maximum absolute atomic E-state index is 15.6. The summed E-state index contributed by atoms with van der Waals surface area (Å²) >= 11 is 0. The minimum Gasteiger partial charge on any atom is -0.398 e. The molecule has 3 nitrogen and oxygen atoms in total. The lowest BCUT2D eigenvalue weighted by atomic mass is 9.81. The third kappa shape index (κ3) is 4.15. The molecule has 2 aromatic carbocycles. The Hall–Kier alpha value is -2.13. The second-order valence-electron chi connectivity index (χ2n) is 7.98. The van der Waals surface area contributed by atoms with E-state index in [1.54, 1.807) is 0 Å². The van der Waals surface area contributed by atoms with E-state index in [9.17, 15) is 0 Å². The van der Waals surface area contributed by atoms with Gasteiger partial charge < -0.3 is 14.0 Å². The highest BCUT2D eigenvalue weighted by Gasteiger charge is 2.53. The Labute approximate surface area is 167 Å². The number of terminal acetylenes is 1. The Morgan fingerprint density at radius 2 is 1.71 bits per heavy atom. The number of fused-ring (bicyclic) bond motifs is 1. The topological polar surface area (TPSA) is 27.7 Å². The van der Waals surface area contributed by atoms with E-state index in [-0.39, 0.29) is 6.61 Å². The van der Waals surface area contributed by atoms with Gasteiger partial charge in [0, 0.05) is 0 Å². The van der Waals surface area contributed by atoms with Gasteiger partial charge in [-0.1, -0.05) is 42.3 Å². The summed E-state index contributed by atoms with van der Waals surface area (Å²) in [4.78, 5) is 0. The molecule has 1 fully saturated rings. The second-order valence-corrected chi connectivity index (χ2v) is 7.98. The van der Waals surface area contributed by atoms with Crippen LogP contribution in [0.15, 0.2) is 48.2 Å². The van der Waals surface area contributed by atoms with Crippen LogP contribution >= 0.6 is 0 Å². The minimum absolute atomic E-state index is 0.198. The average Bonchev–Trinajstić information content (AvgIpc) is 2.88. The van der Waals surface area contributed by atoms with Crippen molar-refractivity contribution in [2.45, 2.75) is 45.3 Å². The van der Waals surface area contributed by atoms with Crippen molar-refractivity contribution < 1.29 is 18.4 Å². The van der Waals surface area contributed by atoms with Crippen LogP contribution in [-0.4, -0.2) is 31.5 Å². The third-order valence-electron chi connectivity index (χ3n) is 5.53. The van der Waals surface area contributed by atoms with E-state index < -0.39 is 24.0 Å². The molecule has 0 saturated carbocycles. The second kappa shape index (κ2) is 8.09. The molecule has 0 amide bonds. The first kappa shape index (κ1) is 20.6. The van der Waals surface area contributed by atoms with Crippen LogP contribution in [-0.2, 0) is 14.0 Å². The van der Waals surface area contributed by atoms with Crippen LogP contribution in [0.1, 0.15) is 39.7 Å². The van der Waals surface area contributed by atoms with Crippen LogP contribution in [0.5, 0.6) is 0 Å². The molecular weight excluding hydrogens is 354 g/mol. The van der Waals surface area contributed by atoms with E-state index >= 15 is 4.39 Å². The van der Waals surface area contributed by atoms with Gasteiger partial charge in [0.15, 0.2) is 0 Å². The van der Waals surface area contributed by atoms with Crippen molar-refractivity contribution in [1.82, 2.24) is 0 Å². The molecule has 1 aliphatic rings. The van der Waals surface area contributed by atoms with Crippen molar-refractivity contribution in [3.8, 4) is 12.3 Å². The molecule has 0 radical (unpaired) electrons. The summed E-state index contributed by atoms with van der Waals surface area (Å²) in [5, 5.41) is 2.15. The monoisotopic (exact) mass is 380 g/mol. The van der Waals surface area contributed by atoms with Crippen LogP contribution < -0.4 is 0 Å². The Morgan fingerprint density at radius 3 is 2.36 bits per heavy atom. The Balaban J connectivity index is 1.98. The highest BCUT2D eigenvalue weighted by atomic mass is 19.1. The first-order chi connectivity index (χ1) is 13.2. The number of benzene rings is 2. The van der Waals surface area contributed by atoms with Gasteiger partial charge in [0.1, 0.15) is 12.3 Å². The van der Waals surface area contributed by atoms with Crippen LogP contribution in [0.4, 0.5) is 4.39 Å². The molecule has 1 saturated heterocycles. The fraction of sp³-hybridized carbons (Fsp3) is 0.391. The highest BCUT2D eigenvalue weighted by molar-refractivity contribution is 6.55. The standard InChI is InChI=1S/C23H26BFO3/c1-6-14-26-15-13-20(19-12-11-17-9-7-8-10-18(17)16-19)21(25)24-27-22(2,3)23(4,5)28-24/h1,7-12,16H,13-15H2,2-5H3. The molecule has 146 valence electrons. The fourth-order valence-electron chi connectivity index (χ4n) is 3.17. The normalized spacial score (nSPS) is 18.8. The summed E-state index contributed by atoms with van der Waals surface area (Å²) in [6.07, 6.45) is 5.61. The van der Waals surface area contributed by atoms with E-state index in [1.165, 1.54) is 0 Å². The SMILES string of the molecule is C#CCOCCC(=C(F)B1OC(C)(C)C(C)(C)O1)c1ccc2ccccc2c1. The number of rotatable bonds is 6. The molecule has 0 atom stereocenters. The van der Waals surface area contributed by atoms with Gasteiger partial charge in [-0.05, 0) is 62.1 Å². The summed E-state index contributed by atoms with van der Waals surface area (Å²) < 4.78 is 32.8. The van der Waals surface area contributed by atoms with Gasteiger partial charge in [-0.15, -0.1) is 6.42 Å². The van der Waals surface area contributed by atoms with Gasteiger partial charge in [-0.3, -0.25) is 0 Å². The van der Waals surface area contributed by atoms with Gasteiger partial charge in [-0.25, -0.2) is 4.39 Å². The van der Waals surface area contributed by atoms with Gasteiger partial charge in [0.05, 0.1) is 17.8 Å². The quantitative estimate of drug-likeness (QED) is 0.392. The fourth-order valence-corrected chi connectivity index (χ4v) is 3.17. The molecule has 0 spiro atoms. The van der Waals surface area contributed by atoms with Crippen molar-refractivity contribution in [2.24, 2.45) is 0 Å². The lowest BCUT2D eigenvalue weighted by molar-refractivity contribution is 0.00578.